The van der Waals surface area contributed by atoms with Crippen LogP contribution in [0, 0.1) is 20.2 Å². The van der Waals surface area contributed by atoms with Crippen molar-refractivity contribution in [1.82, 2.24) is 0 Å². The Kier molecular flexibility index (Phi) is 7.63. The third kappa shape index (κ3) is 5.72. The summed E-state index contributed by atoms with van der Waals surface area (Å²) in [6.45, 7) is 2.21. The Morgan fingerprint density at radius 3 is 1.57 bits per heavy atom. The summed E-state index contributed by atoms with van der Waals surface area (Å²) >= 11 is 0. The van der Waals surface area contributed by atoms with Gasteiger partial charge in [-0.25, -0.2) is 4.90 Å². The number of anilines is 1. The fraction of sp³-hybridized carbons (Fsp3) is 0.0769. The van der Waals surface area contributed by atoms with Crippen molar-refractivity contribution in [3.05, 3.63) is 109 Å². The van der Waals surface area contributed by atoms with Gasteiger partial charge >= 0.3 is 0 Å². The smallest absolute Gasteiger partial charge is 0.274 e. The van der Waals surface area contributed by atoms with E-state index in [1.807, 2.05) is 0 Å². The second-order valence-corrected chi connectivity index (χ2v) is 7.47. The first-order chi connectivity index (χ1) is 16.7. The Balaban J connectivity index is 2.39. The highest BCUT2D eigenvalue weighted by molar-refractivity contribution is 6.15. The van der Waals surface area contributed by atoms with Crippen molar-refractivity contribution < 1.29 is 19.4 Å². The van der Waals surface area contributed by atoms with Crippen molar-refractivity contribution in [2.45, 2.75) is 13.8 Å². The molecule has 3 aromatic rings. The molecule has 3 aromatic carbocycles. The standard InChI is InChI=1S/C26H21N3O6/c1-18(30)27(19(2)31)24-17-25(28(32)33)23(16-14-21-11-7-4-8-12-21)26(29(34)35)22(24)15-13-20-9-5-3-6-10-20/h3-17H,1-2H3/b15-13+,16-14+. The van der Waals surface area contributed by atoms with Gasteiger partial charge in [-0.1, -0.05) is 72.8 Å². The van der Waals surface area contributed by atoms with Gasteiger partial charge in [0.1, 0.15) is 5.56 Å². The monoisotopic (exact) mass is 471 g/mol. The Morgan fingerprint density at radius 2 is 1.17 bits per heavy atom. The van der Waals surface area contributed by atoms with E-state index >= 15 is 0 Å². The minimum absolute atomic E-state index is 0.109. The van der Waals surface area contributed by atoms with Crippen LogP contribution in [0.15, 0.2) is 66.7 Å². The Labute approximate surface area is 200 Å². The topological polar surface area (TPSA) is 124 Å². The van der Waals surface area contributed by atoms with E-state index in [-0.39, 0.29) is 16.8 Å². The molecule has 35 heavy (non-hydrogen) atoms. The van der Waals surface area contributed by atoms with Gasteiger partial charge in [0.2, 0.25) is 11.8 Å². The fourth-order valence-electron chi connectivity index (χ4n) is 3.58. The number of benzene rings is 3. The minimum Gasteiger partial charge on any atom is -0.274 e. The maximum Gasteiger partial charge on any atom is 0.292 e. The first-order valence-electron chi connectivity index (χ1n) is 10.5. The Hall–Kier alpha value is -4.92. The summed E-state index contributed by atoms with van der Waals surface area (Å²) < 4.78 is 0. The predicted octanol–water partition coefficient (Wildman–Crippen LogP) is 5.74. The van der Waals surface area contributed by atoms with Crippen LogP contribution in [-0.4, -0.2) is 21.7 Å². The minimum atomic E-state index is -0.774. The van der Waals surface area contributed by atoms with Crippen LogP contribution in [0.25, 0.3) is 24.3 Å². The third-order valence-corrected chi connectivity index (χ3v) is 5.07. The average molecular weight is 471 g/mol. The highest BCUT2D eigenvalue weighted by Gasteiger charge is 2.33. The molecular weight excluding hydrogens is 450 g/mol. The number of nitro benzene ring substituents is 2. The average Bonchev–Trinajstić information content (AvgIpc) is 2.82. The van der Waals surface area contributed by atoms with E-state index in [0.717, 1.165) is 19.9 Å². The molecule has 0 atom stereocenters. The molecule has 0 aliphatic heterocycles. The molecule has 3 rings (SSSR count). The Morgan fingerprint density at radius 1 is 0.714 bits per heavy atom. The quantitative estimate of drug-likeness (QED) is 0.246. The molecule has 0 aliphatic carbocycles. The first kappa shape index (κ1) is 24.7. The van der Waals surface area contributed by atoms with Crippen LogP contribution in [0.5, 0.6) is 0 Å². The lowest BCUT2D eigenvalue weighted by Gasteiger charge is -2.20. The zero-order valence-corrected chi connectivity index (χ0v) is 19.0. The molecule has 0 aliphatic rings. The van der Waals surface area contributed by atoms with E-state index in [0.29, 0.717) is 16.0 Å². The molecule has 0 N–H and O–H groups in total. The maximum absolute atomic E-state index is 12.3. The lowest BCUT2D eigenvalue weighted by Crippen LogP contribution is -2.34. The van der Waals surface area contributed by atoms with Gasteiger partial charge in [0.25, 0.3) is 11.4 Å². The van der Waals surface area contributed by atoms with Gasteiger partial charge in [-0.2, -0.15) is 0 Å². The molecule has 9 heteroatoms. The van der Waals surface area contributed by atoms with Crippen molar-refractivity contribution in [2.75, 3.05) is 4.90 Å². The maximum atomic E-state index is 12.3. The molecular formula is C26H21N3O6. The number of rotatable bonds is 7. The van der Waals surface area contributed by atoms with Crippen LogP contribution >= 0.6 is 0 Å². The number of nitrogens with zero attached hydrogens (tertiary/aromatic N) is 3. The second-order valence-electron chi connectivity index (χ2n) is 7.47. The van der Waals surface area contributed by atoms with Crippen LogP contribution in [0.2, 0.25) is 0 Å². The van der Waals surface area contributed by atoms with Crippen LogP contribution in [0.3, 0.4) is 0 Å². The van der Waals surface area contributed by atoms with Crippen LogP contribution in [0.4, 0.5) is 17.1 Å². The van der Waals surface area contributed by atoms with E-state index < -0.39 is 33.0 Å². The molecule has 0 radical (unpaired) electrons. The van der Waals surface area contributed by atoms with Gasteiger partial charge in [0.15, 0.2) is 0 Å². The summed E-state index contributed by atoms with van der Waals surface area (Å²) in [5.74, 6) is -1.47. The third-order valence-electron chi connectivity index (χ3n) is 5.07. The first-order valence-corrected chi connectivity index (χ1v) is 10.5. The van der Waals surface area contributed by atoms with Crippen molar-refractivity contribution in [1.29, 1.82) is 0 Å². The predicted molar refractivity (Wildman–Crippen MR) is 134 cm³/mol. The van der Waals surface area contributed by atoms with Crippen LogP contribution in [-0.2, 0) is 9.59 Å². The van der Waals surface area contributed by atoms with Gasteiger partial charge < -0.3 is 0 Å². The summed E-state index contributed by atoms with van der Waals surface area (Å²) in [5, 5.41) is 24.2. The van der Waals surface area contributed by atoms with Gasteiger partial charge in [0, 0.05) is 19.9 Å². The number of amides is 2. The van der Waals surface area contributed by atoms with Crippen molar-refractivity contribution >= 4 is 53.2 Å². The van der Waals surface area contributed by atoms with Crippen molar-refractivity contribution in [2.24, 2.45) is 0 Å². The zero-order chi connectivity index (χ0) is 25.5. The number of carbonyl (C=O) groups excluding carboxylic acids is 2. The largest absolute Gasteiger partial charge is 0.292 e. The van der Waals surface area contributed by atoms with E-state index in [1.165, 1.54) is 18.2 Å². The lowest BCUT2D eigenvalue weighted by molar-refractivity contribution is -0.394. The molecule has 0 fully saturated rings. The van der Waals surface area contributed by atoms with Crippen LogP contribution in [0.1, 0.15) is 36.1 Å². The number of carbonyl (C=O) groups is 2. The van der Waals surface area contributed by atoms with Crippen molar-refractivity contribution in [3.63, 3.8) is 0 Å². The second kappa shape index (κ2) is 10.8. The molecule has 176 valence electrons. The fourth-order valence-corrected chi connectivity index (χ4v) is 3.58. The number of hydrogen-bond donors (Lipinski definition) is 0. The van der Waals surface area contributed by atoms with Gasteiger partial charge in [-0.3, -0.25) is 29.8 Å². The Bertz CT molecular complexity index is 1330. The summed E-state index contributed by atoms with van der Waals surface area (Å²) in [6.07, 6.45) is 5.76. The van der Waals surface area contributed by atoms with Crippen LogP contribution < -0.4 is 4.90 Å². The number of imide groups is 1. The molecule has 0 saturated carbocycles. The SMILES string of the molecule is CC(=O)N(C(C)=O)c1cc([N+](=O)[O-])c(/C=C/c2ccccc2)c([N+](=O)[O-])c1/C=C/c1ccccc1. The van der Waals surface area contributed by atoms with Gasteiger partial charge in [-0.15, -0.1) is 0 Å². The molecule has 2 amide bonds. The summed E-state index contributed by atoms with van der Waals surface area (Å²) in [6, 6.07) is 18.7. The van der Waals surface area contributed by atoms with Gasteiger partial charge in [0.05, 0.1) is 21.1 Å². The number of nitro groups is 2. The van der Waals surface area contributed by atoms with E-state index in [2.05, 4.69) is 0 Å². The summed E-state index contributed by atoms with van der Waals surface area (Å²) in [7, 11) is 0. The highest BCUT2D eigenvalue weighted by Crippen LogP contribution is 2.41. The van der Waals surface area contributed by atoms with Gasteiger partial charge in [-0.05, 0) is 23.3 Å². The van der Waals surface area contributed by atoms with E-state index in [4.69, 9.17) is 0 Å². The highest BCUT2D eigenvalue weighted by atomic mass is 16.6. The number of hydrogen-bond acceptors (Lipinski definition) is 6. The molecule has 0 unspecified atom stereocenters. The van der Waals surface area contributed by atoms with Crippen molar-refractivity contribution in [3.8, 4) is 0 Å². The van der Waals surface area contributed by atoms with E-state index in [1.54, 1.807) is 66.7 Å². The summed E-state index contributed by atoms with van der Waals surface area (Å²) in [5.41, 5.74) is -0.438. The molecule has 0 bridgehead atoms. The zero-order valence-electron chi connectivity index (χ0n) is 19.0. The molecule has 0 heterocycles. The molecule has 0 spiro atoms. The van der Waals surface area contributed by atoms with E-state index in [9.17, 15) is 29.8 Å². The lowest BCUT2D eigenvalue weighted by atomic mass is 9.99. The molecule has 9 nitrogen and oxygen atoms in total. The summed E-state index contributed by atoms with van der Waals surface area (Å²) in [4.78, 5) is 48.0. The molecule has 0 aromatic heterocycles. The molecule has 0 saturated heterocycles. The normalized spacial score (nSPS) is 11.0.